The zero-order chi connectivity index (χ0) is 36.2. The van der Waals surface area contributed by atoms with E-state index in [1.165, 1.54) is 10.8 Å². The Balaban J connectivity index is 1.27. The molecule has 0 bridgehead atoms. The zero-order valence-corrected chi connectivity index (χ0v) is 29.1. The van der Waals surface area contributed by atoms with Crippen LogP contribution >= 0.6 is 0 Å². The number of hydrogen-bond donors (Lipinski definition) is 0. The lowest BCUT2D eigenvalue weighted by Gasteiger charge is -2.17. The summed E-state index contributed by atoms with van der Waals surface area (Å²) in [4.78, 5) is 0. The minimum absolute atomic E-state index is 0.632. The van der Waals surface area contributed by atoms with Gasteiger partial charge in [-0.3, -0.25) is 0 Å². The van der Waals surface area contributed by atoms with Crippen molar-refractivity contribution >= 4 is 43.6 Å². The summed E-state index contributed by atoms with van der Waals surface area (Å²) in [6.07, 6.45) is 0. The highest BCUT2D eigenvalue weighted by molar-refractivity contribution is 6.11. The van der Waals surface area contributed by atoms with Crippen LogP contribution in [0.4, 0.5) is 0 Å². The fourth-order valence-electron chi connectivity index (χ4n) is 8.18. The fraction of sp³-hybridized carbons (Fsp3) is 0. The Hall–Kier alpha value is -7.66. The minimum Gasteiger partial charge on any atom is -0.309 e. The molecule has 0 radical (unpaired) electrons. The Morgan fingerprint density at radius 1 is 0.333 bits per heavy atom. The molecule has 0 amide bonds. The second-order valence-corrected chi connectivity index (χ2v) is 13.6. The monoisotopic (exact) mass is 686 g/mol. The van der Waals surface area contributed by atoms with Crippen LogP contribution < -0.4 is 0 Å². The van der Waals surface area contributed by atoms with E-state index in [9.17, 15) is 10.5 Å². The molecule has 0 unspecified atom stereocenters. The first kappa shape index (κ1) is 31.1. The molecular formula is C50H30N4. The standard InChI is InChI=1S/C50H30N4/c51-31-33-22-24-49-45(26-33)43-18-8-11-21-48(43)54(49)39-28-36(27-37(29-39)41-16-6-7-17-42(41)40-15-5-4-12-35(40)32-52)34-23-25-50-46(30-34)44-19-9-10-20-47(44)53(50)38-13-2-1-3-14-38/h1-30H. The number of para-hydroxylation sites is 3. The van der Waals surface area contributed by atoms with Gasteiger partial charge in [0, 0.05) is 38.5 Å². The van der Waals surface area contributed by atoms with E-state index in [0.29, 0.717) is 11.1 Å². The molecule has 0 aliphatic carbocycles. The third-order valence-electron chi connectivity index (χ3n) is 10.6. The van der Waals surface area contributed by atoms with Crippen LogP contribution in [-0.2, 0) is 0 Å². The number of nitrogens with zero attached hydrogens (tertiary/aromatic N) is 4. The topological polar surface area (TPSA) is 57.4 Å². The maximum absolute atomic E-state index is 10.1. The van der Waals surface area contributed by atoms with E-state index in [1.54, 1.807) is 0 Å². The molecule has 0 aliphatic rings. The lowest BCUT2D eigenvalue weighted by atomic mass is 9.90. The van der Waals surface area contributed by atoms with Gasteiger partial charge in [0.05, 0.1) is 45.3 Å². The van der Waals surface area contributed by atoms with Crippen molar-refractivity contribution in [1.82, 2.24) is 9.13 Å². The maximum Gasteiger partial charge on any atom is 0.0998 e. The summed E-state index contributed by atoms with van der Waals surface area (Å²) in [6, 6.07) is 68.0. The summed E-state index contributed by atoms with van der Waals surface area (Å²) in [5, 5.41) is 24.4. The van der Waals surface area contributed by atoms with E-state index >= 15 is 0 Å². The van der Waals surface area contributed by atoms with E-state index in [0.717, 1.165) is 77.6 Å². The van der Waals surface area contributed by atoms with E-state index in [2.05, 4.69) is 161 Å². The number of hydrogen-bond acceptors (Lipinski definition) is 2. The Morgan fingerprint density at radius 2 is 0.889 bits per heavy atom. The third kappa shape index (κ3) is 4.90. The highest BCUT2D eigenvalue weighted by atomic mass is 15.0. The molecule has 0 atom stereocenters. The molecule has 54 heavy (non-hydrogen) atoms. The van der Waals surface area contributed by atoms with Crippen LogP contribution in [0.15, 0.2) is 182 Å². The van der Waals surface area contributed by atoms with Gasteiger partial charge in [-0.15, -0.1) is 0 Å². The van der Waals surface area contributed by atoms with Crippen LogP contribution in [0.5, 0.6) is 0 Å². The van der Waals surface area contributed by atoms with Crippen molar-refractivity contribution in [2.24, 2.45) is 0 Å². The number of rotatable bonds is 5. The molecule has 10 aromatic rings. The SMILES string of the molecule is N#Cc1ccc2c(c1)c1ccccc1n2-c1cc(-c2ccc3c(c2)c2ccccc2n3-c2ccccc2)cc(-c2ccccc2-c2ccccc2C#N)c1. The Kier molecular flexibility index (Phi) is 7.22. The molecule has 2 aromatic heterocycles. The van der Waals surface area contributed by atoms with Crippen molar-refractivity contribution in [2.45, 2.75) is 0 Å². The molecular weight excluding hydrogens is 657 g/mol. The van der Waals surface area contributed by atoms with Gasteiger partial charge >= 0.3 is 0 Å². The molecule has 0 aliphatic heterocycles. The highest BCUT2D eigenvalue weighted by Crippen LogP contribution is 2.41. The highest BCUT2D eigenvalue weighted by Gasteiger charge is 2.19. The van der Waals surface area contributed by atoms with Gasteiger partial charge in [0.15, 0.2) is 0 Å². The maximum atomic E-state index is 10.1. The lowest BCUT2D eigenvalue weighted by molar-refractivity contribution is 1.18. The minimum atomic E-state index is 0.632. The van der Waals surface area contributed by atoms with Crippen LogP contribution in [-0.4, -0.2) is 9.13 Å². The van der Waals surface area contributed by atoms with Gasteiger partial charge in [0.25, 0.3) is 0 Å². The summed E-state index contributed by atoms with van der Waals surface area (Å²) in [5.41, 5.74) is 14.0. The molecule has 250 valence electrons. The van der Waals surface area contributed by atoms with Gasteiger partial charge in [0.2, 0.25) is 0 Å². The Bertz CT molecular complexity index is 3190. The Labute approximate surface area is 312 Å². The van der Waals surface area contributed by atoms with E-state index < -0.39 is 0 Å². The van der Waals surface area contributed by atoms with Gasteiger partial charge in [-0.05, 0) is 107 Å². The smallest absolute Gasteiger partial charge is 0.0998 e. The van der Waals surface area contributed by atoms with Crippen molar-refractivity contribution in [3.05, 3.63) is 193 Å². The van der Waals surface area contributed by atoms with Crippen molar-refractivity contribution in [1.29, 1.82) is 10.5 Å². The van der Waals surface area contributed by atoms with Gasteiger partial charge in [0.1, 0.15) is 0 Å². The number of fused-ring (bicyclic) bond motifs is 6. The van der Waals surface area contributed by atoms with Crippen molar-refractivity contribution in [3.8, 4) is 56.9 Å². The van der Waals surface area contributed by atoms with E-state index in [4.69, 9.17) is 0 Å². The van der Waals surface area contributed by atoms with Crippen LogP contribution in [0.3, 0.4) is 0 Å². The third-order valence-corrected chi connectivity index (χ3v) is 10.6. The number of nitriles is 2. The molecule has 10 rings (SSSR count). The van der Waals surface area contributed by atoms with E-state index in [-0.39, 0.29) is 0 Å². The van der Waals surface area contributed by atoms with Gasteiger partial charge in [-0.25, -0.2) is 0 Å². The van der Waals surface area contributed by atoms with Gasteiger partial charge < -0.3 is 9.13 Å². The summed E-state index contributed by atoms with van der Waals surface area (Å²) in [6.45, 7) is 0. The normalized spacial score (nSPS) is 11.3. The second kappa shape index (κ2) is 12.5. The average Bonchev–Trinajstić information content (AvgIpc) is 3.76. The molecule has 8 aromatic carbocycles. The van der Waals surface area contributed by atoms with Gasteiger partial charge in [-0.2, -0.15) is 10.5 Å². The van der Waals surface area contributed by atoms with Crippen LogP contribution in [0, 0.1) is 22.7 Å². The first-order chi connectivity index (χ1) is 26.7. The predicted molar refractivity (Wildman–Crippen MR) is 221 cm³/mol. The Morgan fingerprint density at radius 3 is 1.61 bits per heavy atom. The predicted octanol–water partition coefficient (Wildman–Crippen LogP) is 12.6. The van der Waals surface area contributed by atoms with Crippen LogP contribution in [0.2, 0.25) is 0 Å². The second-order valence-electron chi connectivity index (χ2n) is 13.6. The van der Waals surface area contributed by atoms with Crippen LogP contribution in [0.25, 0.3) is 88.4 Å². The molecule has 0 saturated heterocycles. The summed E-state index contributed by atoms with van der Waals surface area (Å²) in [7, 11) is 0. The number of aromatic nitrogens is 2. The summed E-state index contributed by atoms with van der Waals surface area (Å²) in [5.74, 6) is 0. The molecule has 0 saturated carbocycles. The quantitative estimate of drug-likeness (QED) is 0.181. The molecule has 4 heteroatoms. The average molecular weight is 687 g/mol. The molecule has 0 spiro atoms. The van der Waals surface area contributed by atoms with Crippen molar-refractivity contribution in [2.75, 3.05) is 0 Å². The fourth-order valence-corrected chi connectivity index (χ4v) is 8.18. The first-order valence-electron chi connectivity index (χ1n) is 18.0. The molecule has 0 N–H and O–H groups in total. The molecule has 0 fully saturated rings. The van der Waals surface area contributed by atoms with Crippen LogP contribution in [0.1, 0.15) is 11.1 Å². The molecule has 4 nitrogen and oxygen atoms in total. The molecule has 2 heterocycles. The largest absolute Gasteiger partial charge is 0.309 e. The van der Waals surface area contributed by atoms with E-state index in [1.807, 2.05) is 42.5 Å². The van der Waals surface area contributed by atoms with Crippen molar-refractivity contribution in [3.63, 3.8) is 0 Å². The van der Waals surface area contributed by atoms with Crippen molar-refractivity contribution < 1.29 is 0 Å². The number of benzene rings is 8. The summed E-state index contributed by atoms with van der Waals surface area (Å²) < 4.78 is 4.65. The lowest BCUT2D eigenvalue weighted by Crippen LogP contribution is -1.97. The zero-order valence-electron chi connectivity index (χ0n) is 29.1. The summed E-state index contributed by atoms with van der Waals surface area (Å²) >= 11 is 0. The first-order valence-corrected chi connectivity index (χ1v) is 18.0. The van der Waals surface area contributed by atoms with Gasteiger partial charge in [-0.1, -0.05) is 103 Å².